The molecule has 0 atom stereocenters. The first-order valence-electron chi connectivity index (χ1n) is 10.2. The summed E-state index contributed by atoms with van der Waals surface area (Å²) in [4.78, 5) is 0. The number of ether oxygens (including phenoxy) is 1. The van der Waals surface area contributed by atoms with E-state index in [1.54, 1.807) is 6.07 Å². The van der Waals surface area contributed by atoms with E-state index in [2.05, 4.69) is 0 Å². The third-order valence-corrected chi connectivity index (χ3v) is 5.48. The number of halogens is 6. The van der Waals surface area contributed by atoms with Crippen molar-refractivity contribution in [3.8, 4) is 16.9 Å². The molecule has 0 unspecified atom stereocenters. The number of alkyl halides is 3. The molecular weight excluding hydrogens is 406 g/mol. The zero-order valence-electron chi connectivity index (χ0n) is 16.7. The molecule has 0 heterocycles. The Kier molecular flexibility index (Phi) is 6.98. The van der Waals surface area contributed by atoms with Gasteiger partial charge in [-0.15, -0.1) is 0 Å². The SMILES string of the molecule is CCCc1ccc(-c2cc(C3CCCCC3)c(OCC(F)(F)F)c(F)c2F)c(F)c1. The molecule has 1 nitrogen and oxygen atoms in total. The first-order chi connectivity index (χ1) is 14.2. The lowest BCUT2D eigenvalue weighted by atomic mass is 9.82. The van der Waals surface area contributed by atoms with Crippen molar-refractivity contribution in [3.63, 3.8) is 0 Å². The molecule has 1 aliphatic carbocycles. The van der Waals surface area contributed by atoms with Gasteiger partial charge in [0.1, 0.15) is 5.82 Å². The molecular formula is C23H24F6O. The number of rotatable bonds is 6. The van der Waals surface area contributed by atoms with E-state index < -0.39 is 36.0 Å². The minimum atomic E-state index is -4.69. The molecule has 0 aromatic heterocycles. The van der Waals surface area contributed by atoms with Crippen LogP contribution in [0.5, 0.6) is 5.75 Å². The summed E-state index contributed by atoms with van der Waals surface area (Å²) in [5.74, 6) is -4.59. The van der Waals surface area contributed by atoms with Crippen molar-refractivity contribution in [1.82, 2.24) is 0 Å². The zero-order chi connectivity index (χ0) is 21.9. The normalized spacial score (nSPS) is 15.4. The van der Waals surface area contributed by atoms with Gasteiger partial charge in [0, 0.05) is 16.7 Å². The Labute approximate surface area is 172 Å². The van der Waals surface area contributed by atoms with Crippen molar-refractivity contribution in [2.45, 2.75) is 64.0 Å². The molecule has 0 bridgehead atoms. The standard InChI is InChI=1S/C23H24F6O/c1-2-6-14-9-10-16(19(24)11-14)18-12-17(15-7-4-3-5-8-15)22(21(26)20(18)25)30-13-23(27,28)29/h9-12,15H,2-8,13H2,1H3. The van der Waals surface area contributed by atoms with Crippen LogP contribution < -0.4 is 4.74 Å². The van der Waals surface area contributed by atoms with Crippen molar-refractivity contribution >= 4 is 0 Å². The van der Waals surface area contributed by atoms with Gasteiger partial charge in [-0.05, 0) is 42.9 Å². The number of hydrogen-bond donors (Lipinski definition) is 0. The van der Waals surface area contributed by atoms with Crippen LogP contribution in [-0.4, -0.2) is 12.8 Å². The van der Waals surface area contributed by atoms with Crippen LogP contribution in [0.2, 0.25) is 0 Å². The molecule has 164 valence electrons. The predicted molar refractivity (Wildman–Crippen MR) is 103 cm³/mol. The maximum Gasteiger partial charge on any atom is 0.422 e. The number of benzene rings is 2. The van der Waals surface area contributed by atoms with Gasteiger partial charge in [0.2, 0.25) is 5.82 Å². The molecule has 1 aliphatic rings. The van der Waals surface area contributed by atoms with Gasteiger partial charge in [0.15, 0.2) is 18.2 Å². The molecule has 3 rings (SSSR count). The first-order valence-corrected chi connectivity index (χ1v) is 10.2. The summed E-state index contributed by atoms with van der Waals surface area (Å²) < 4.78 is 87.1. The molecule has 1 fully saturated rings. The van der Waals surface area contributed by atoms with E-state index in [1.807, 2.05) is 6.92 Å². The lowest BCUT2D eigenvalue weighted by Crippen LogP contribution is -2.21. The van der Waals surface area contributed by atoms with E-state index in [9.17, 15) is 26.3 Å². The lowest BCUT2D eigenvalue weighted by Gasteiger charge is -2.26. The van der Waals surface area contributed by atoms with Gasteiger partial charge >= 0.3 is 6.18 Å². The topological polar surface area (TPSA) is 9.23 Å². The van der Waals surface area contributed by atoms with E-state index in [0.29, 0.717) is 19.3 Å². The minimum absolute atomic E-state index is 0.120. The fraction of sp³-hybridized carbons (Fsp3) is 0.478. The highest BCUT2D eigenvalue weighted by Gasteiger charge is 2.32. The quantitative estimate of drug-likeness (QED) is 0.427. The summed E-state index contributed by atoms with van der Waals surface area (Å²) in [6.07, 6.45) is 0.654. The lowest BCUT2D eigenvalue weighted by molar-refractivity contribution is -0.154. The summed E-state index contributed by atoms with van der Waals surface area (Å²) in [5.41, 5.74) is 0.487. The van der Waals surface area contributed by atoms with Gasteiger partial charge in [-0.3, -0.25) is 0 Å². The predicted octanol–water partition coefficient (Wildman–Crippen LogP) is 7.71. The average molecular weight is 430 g/mol. The minimum Gasteiger partial charge on any atom is -0.481 e. The Morgan fingerprint density at radius 1 is 0.933 bits per heavy atom. The maximum absolute atomic E-state index is 14.9. The van der Waals surface area contributed by atoms with Crippen molar-refractivity contribution in [2.75, 3.05) is 6.61 Å². The molecule has 0 spiro atoms. The fourth-order valence-electron chi connectivity index (χ4n) is 4.06. The first kappa shape index (κ1) is 22.5. The molecule has 0 N–H and O–H groups in total. The third kappa shape index (κ3) is 5.10. The van der Waals surface area contributed by atoms with Gasteiger partial charge in [-0.1, -0.05) is 44.7 Å². The molecule has 1 saturated carbocycles. The molecule has 7 heteroatoms. The van der Waals surface area contributed by atoms with E-state index in [4.69, 9.17) is 4.74 Å². The monoisotopic (exact) mass is 430 g/mol. The Hall–Kier alpha value is -2.18. The van der Waals surface area contributed by atoms with Crippen molar-refractivity contribution in [2.24, 2.45) is 0 Å². The Balaban J connectivity index is 2.09. The van der Waals surface area contributed by atoms with Crippen molar-refractivity contribution < 1.29 is 31.1 Å². The molecule has 0 amide bonds. The van der Waals surface area contributed by atoms with E-state index in [1.165, 1.54) is 18.2 Å². The van der Waals surface area contributed by atoms with Gasteiger partial charge in [0.25, 0.3) is 0 Å². The summed E-state index contributed by atoms with van der Waals surface area (Å²) in [5, 5.41) is 0. The second-order valence-electron chi connectivity index (χ2n) is 7.77. The van der Waals surface area contributed by atoms with Crippen LogP contribution in [-0.2, 0) is 6.42 Å². The number of hydrogen-bond acceptors (Lipinski definition) is 1. The van der Waals surface area contributed by atoms with E-state index in [-0.39, 0.29) is 22.6 Å². The summed E-state index contributed by atoms with van der Waals surface area (Å²) >= 11 is 0. The van der Waals surface area contributed by atoms with E-state index >= 15 is 0 Å². The second-order valence-corrected chi connectivity index (χ2v) is 7.77. The van der Waals surface area contributed by atoms with Crippen LogP contribution in [0, 0.1) is 17.5 Å². The highest BCUT2D eigenvalue weighted by Crippen LogP contribution is 2.43. The van der Waals surface area contributed by atoms with Crippen LogP contribution in [0.3, 0.4) is 0 Å². The molecule has 30 heavy (non-hydrogen) atoms. The van der Waals surface area contributed by atoms with Gasteiger partial charge < -0.3 is 4.74 Å². The van der Waals surface area contributed by atoms with Crippen LogP contribution in [0.15, 0.2) is 24.3 Å². The zero-order valence-corrected chi connectivity index (χ0v) is 16.7. The van der Waals surface area contributed by atoms with Crippen molar-refractivity contribution in [3.05, 3.63) is 52.8 Å². The molecule has 2 aromatic carbocycles. The van der Waals surface area contributed by atoms with Gasteiger partial charge in [0.05, 0.1) is 0 Å². The van der Waals surface area contributed by atoms with Crippen LogP contribution in [0.4, 0.5) is 26.3 Å². The highest BCUT2D eigenvalue weighted by molar-refractivity contribution is 5.68. The summed E-state index contributed by atoms with van der Waals surface area (Å²) in [6.45, 7) is 0.222. The second kappa shape index (κ2) is 9.31. The summed E-state index contributed by atoms with van der Waals surface area (Å²) in [6, 6.07) is 5.58. The Morgan fingerprint density at radius 2 is 1.63 bits per heavy atom. The molecule has 0 radical (unpaired) electrons. The van der Waals surface area contributed by atoms with Crippen molar-refractivity contribution in [1.29, 1.82) is 0 Å². The van der Waals surface area contributed by atoms with E-state index in [0.717, 1.165) is 31.2 Å². The largest absolute Gasteiger partial charge is 0.481 e. The molecule has 0 aliphatic heterocycles. The maximum atomic E-state index is 14.9. The van der Waals surface area contributed by atoms with Crippen LogP contribution in [0.1, 0.15) is 62.5 Å². The fourth-order valence-corrected chi connectivity index (χ4v) is 4.06. The molecule has 0 saturated heterocycles. The molecule has 2 aromatic rings. The average Bonchev–Trinajstić information content (AvgIpc) is 2.70. The number of aryl methyl sites for hydroxylation is 1. The van der Waals surface area contributed by atoms with Gasteiger partial charge in [-0.2, -0.15) is 17.6 Å². The Bertz CT molecular complexity index is 884. The van der Waals surface area contributed by atoms with Crippen LogP contribution in [0.25, 0.3) is 11.1 Å². The third-order valence-electron chi connectivity index (χ3n) is 5.48. The Morgan fingerprint density at radius 3 is 2.23 bits per heavy atom. The van der Waals surface area contributed by atoms with Gasteiger partial charge in [-0.25, -0.2) is 8.78 Å². The highest BCUT2D eigenvalue weighted by atomic mass is 19.4. The smallest absolute Gasteiger partial charge is 0.422 e. The van der Waals surface area contributed by atoms with Crippen LogP contribution >= 0.6 is 0 Å². The summed E-state index contributed by atoms with van der Waals surface area (Å²) in [7, 11) is 0.